The van der Waals surface area contributed by atoms with Crippen molar-refractivity contribution in [3.8, 4) is 16.9 Å². The number of hydrogen-bond donors (Lipinski definition) is 1. The van der Waals surface area contributed by atoms with Gasteiger partial charge in [-0.1, -0.05) is 42.5 Å². The molecular formula is C29H26FNO6. The summed E-state index contributed by atoms with van der Waals surface area (Å²) in [6.07, 6.45) is 0.720. The Hall–Kier alpha value is -4.46. The molecule has 0 aliphatic heterocycles. The Kier molecular flexibility index (Phi) is 7.38. The van der Waals surface area contributed by atoms with Gasteiger partial charge in [0, 0.05) is 12.5 Å². The van der Waals surface area contributed by atoms with Crippen LogP contribution in [0.15, 0.2) is 88.3 Å². The predicted molar refractivity (Wildman–Crippen MR) is 137 cm³/mol. The van der Waals surface area contributed by atoms with Crippen molar-refractivity contribution >= 4 is 23.0 Å². The van der Waals surface area contributed by atoms with Crippen LogP contribution in [0.3, 0.4) is 0 Å². The summed E-state index contributed by atoms with van der Waals surface area (Å²) in [5.41, 5.74) is 0.776. The molecule has 0 fully saturated rings. The average molecular weight is 504 g/mol. The van der Waals surface area contributed by atoms with Crippen LogP contribution in [0.1, 0.15) is 26.3 Å². The summed E-state index contributed by atoms with van der Waals surface area (Å²) >= 11 is 0. The van der Waals surface area contributed by atoms with Crippen LogP contribution in [0.2, 0.25) is 0 Å². The number of carbonyl (C=O) groups excluding carboxylic acids is 2. The number of amides is 1. The van der Waals surface area contributed by atoms with Gasteiger partial charge in [-0.2, -0.15) is 0 Å². The third kappa shape index (κ3) is 6.61. The first-order valence-electron chi connectivity index (χ1n) is 11.7. The van der Waals surface area contributed by atoms with Gasteiger partial charge in [-0.3, -0.25) is 4.79 Å². The number of alkyl carbamates (subject to hydrolysis) is 1. The molecule has 4 aromatic rings. The number of fused-ring (bicyclic) bond motifs is 1. The van der Waals surface area contributed by atoms with E-state index in [4.69, 9.17) is 13.9 Å². The highest BCUT2D eigenvalue weighted by Gasteiger charge is 2.26. The van der Waals surface area contributed by atoms with Crippen LogP contribution in [0, 0.1) is 5.82 Å². The molecule has 1 amide bonds. The largest absolute Gasteiger partial charge is 0.463 e. The first-order chi connectivity index (χ1) is 17.6. The summed E-state index contributed by atoms with van der Waals surface area (Å²) in [4.78, 5) is 38.4. The molecule has 0 bridgehead atoms. The quantitative estimate of drug-likeness (QED) is 0.270. The second-order valence-electron chi connectivity index (χ2n) is 9.45. The lowest BCUT2D eigenvalue weighted by Gasteiger charge is -2.23. The Morgan fingerprint density at radius 2 is 1.70 bits per heavy atom. The van der Waals surface area contributed by atoms with E-state index in [1.54, 1.807) is 20.8 Å². The van der Waals surface area contributed by atoms with Crippen LogP contribution >= 0.6 is 0 Å². The minimum absolute atomic E-state index is 0.138. The van der Waals surface area contributed by atoms with E-state index in [1.165, 1.54) is 48.7 Å². The maximum atomic E-state index is 13.3. The molecule has 4 rings (SSSR count). The van der Waals surface area contributed by atoms with E-state index in [1.807, 2.05) is 30.3 Å². The standard InChI is InChI=1S/C29H26FNO6/c1-29(2,3)37-28(34)31-24(15-18-7-5-4-6-8-18)27(33)36-21-13-14-22-25(16-21)35-17-23(26(22)32)19-9-11-20(30)12-10-19/h4-14,16-17,24H,15H2,1-3H3,(H,31,34)/t24-/m1/s1. The minimum atomic E-state index is -1.03. The molecule has 8 heteroatoms. The maximum absolute atomic E-state index is 13.3. The fraction of sp³-hybridized carbons (Fsp3) is 0.207. The molecule has 0 saturated carbocycles. The molecule has 1 N–H and O–H groups in total. The van der Waals surface area contributed by atoms with Crippen LogP contribution in [-0.4, -0.2) is 23.7 Å². The Morgan fingerprint density at radius 3 is 2.38 bits per heavy atom. The van der Waals surface area contributed by atoms with Gasteiger partial charge in [0.05, 0.1) is 10.9 Å². The Labute approximate surface area is 212 Å². The van der Waals surface area contributed by atoms with E-state index in [0.717, 1.165) is 5.56 Å². The highest BCUT2D eigenvalue weighted by atomic mass is 19.1. The van der Waals surface area contributed by atoms with E-state index >= 15 is 0 Å². The van der Waals surface area contributed by atoms with Gasteiger partial charge in [-0.25, -0.2) is 14.0 Å². The van der Waals surface area contributed by atoms with E-state index in [9.17, 15) is 18.8 Å². The third-order valence-electron chi connectivity index (χ3n) is 5.38. The Balaban J connectivity index is 1.56. The molecule has 0 aliphatic carbocycles. The second kappa shape index (κ2) is 10.7. The van der Waals surface area contributed by atoms with Gasteiger partial charge in [-0.05, 0) is 56.2 Å². The Bertz CT molecular complexity index is 1470. The highest BCUT2D eigenvalue weighted by Crippen LogP contribution is 2.24. The number of halogens is 1. The zero-order valence-electron chi connectivity index (χ0n) is 20.6. The maximum Gasteiger partial charge on any atom is 0.408 e. The molecule has 1 atom stereocenters. The van der Waals surface area contributed by atoms with Gasteiger partial charge in [-0.15, -0.1) is 0 Å². The Morgan fingerprint density at radius 1 is 1.00 bits per heavy atom. The number of rotatable bonds is 6. The lowest BCUT2D eigenvalue weighted by atomic mass is 10.1. The van der Waals surface area contributed by atoms with Gasteiger partial charge >= 0.3 is 12.1 Å². The molecule has 0 aliphatic rings. The van der Waals surface area contributed by atoms with Crippen LogP contribution in [0.25, 0.3) is 22.1 Å². The van der Waals surface area contributed by atoms with Gasteiger partial charge < -0.3 is 19.2 Å². The molecule has 1 aromatic heterocycles. The fourth-order valence-electron chi connectivity index (χ4n) is 3.68. The van der Waals surface area contributed by atoms with E-state index in [2.05, 4.69) is 5.32 Å². The summed E-state index contributed by atoms with van der Waals surface area (Å²) in [6.45, 7) is 5.17. The molecule has 0 saturated heterocycles. The van der Waals surface area contributed by atoms with Crippen molar-refractivity contribution in [2.45, 2.75) is 38.8 Å². The van der Waals surface area contributed by atoms with Gasteiger partial charge in [0.25, 0.3) is 0 Å². The molecule has 1 heterocycles. The summed E-state index contributed by atoms with van der Waals surface area (Å²) in [5.74, 6) is -0.981. The minimum Gasteiger partial charge on any atom is -0.463 e. The van der Waals surface area contributed by atoms with Crippen LogP contribution in [0.5, 0.6) is 5.75 Å². The predicted octanol–water partition coefficient (Wildman–Crippen LogP) is 5.64. The second-order valence-corrected chi connectivity index (χ2v) is 9.45. The number of ether oxygens (including phenoxy) is 2. The first-order valence-corrected chi connectivity index (χ1v) is 11.7. The van der Waals surface area contributed by atoms with Gasteiger partial charge in [0.1, 0.15) is 35.1 Å². The lowest BCUT2D eigenvalue weighted by Crippen LogP contribution is -2.46. The molecule has 190 valence electrons. The number of nitrogens with one attached hydrogen (secondary N) is 1. The van der Waals surface area contributed by atoms with Gasteiger partial charge in [0.15, 0.2) is 5.43 Å². The first kappa shape index (κ1) is 25.6. The number of esters is 1. The van der Waals surface area contributed by atoms with Crippen molar-refractivity contribution in [1.29, 1.82) is 0 Å². The van der Waals surface area contributed by atoms with Crippen molar-refractivity contribution in [3.05, 3.63) is 101 Å². The summed E-state index contributed by atoms with van der Waals surface area (Å²) in [6, 6.07) is 18.1. The zero-order chi connectivity index (χ0) is 26.6. The molecule has 3 aromatic carbocycles. The SMILES string of the molecule is CC(C)(C)OC(=O)N[C@H](Cc1ccccc1)C(=O)Oc1ccc2c(=O)c(-c3ccc(F)cc3)coc2c1. The zero-order valence-corrected chi connectivity index (χ0v) is 20.6. The van der Waals surface area contributed by atoms with Crippen molar-refractivity contribution < 1.29 is 27.9 Å². The smallest absolute Gasteiger partial charge is 0.408 e. The number of benzene rings is 3. The number of carbonyl (C=O) groups is 2. The van der Waals surface area contributed by atoms with Crippen molar-refractivity contribution in [1.82, 2.24) is 5.32 Å². The van der Waals surface area contributed by atoms with E-state index < -0.39 is 29.5 Å². The fourth-order valence-corrected chi connectivity index (χ4v) is 3.68. The van der Waals surface area contributed by atoms with Crippen LogP contribution in [-0.2, 0) is 16.0 Å². The van der Waals surface area contributed by atoms with Crippen molar-refractivity contribution in [2.24, 2.45) is 0 Å². The van der Waals surface area contributed by atoms with Crippen LogP contribution < -0.4 is 15.5 Å². The van der Waals surface area contributed by atoms with E-state index in [-0.39, 0.29) is 34.1 Å². The summed E-state index contributed by atoms with van der Waals surface area (Å²) in [5, 5.41) is 2.85. The molecule has 0 unspecified atom stereocenters. The topological polar surface area (TPSA) is 94.8 Å². The molecule has 0 spiro atoms. The third-order valence-corrected chi connectivity index (χ3v) is 5.38. The normalized spacial score (nSPS) is 12.1. The highest BCUT2D eigenvalue weighted by molar-refractivity contribution is 5.86. The average Bonchev–Trinajstić information content (AvgIpc) is 2.84. The molecular weight excluding hydrogens is 477 g/mol. The number of hydrogen-bond acceptors (Lipinski definition) is 6. The monoisotopic (exact) mass is 503 g/mol. The summed E-state index contributed by atoms with van der Waals surface area (Å²) in [7, 11) is 0. The summed E-state index contributed by atoms with van der Waals surface area (Å²) < 4.78 is 29.7. The van der Waals surface area contributed by atoms with Gasteiger partial charge in [0.2, 0.25) is 0 Å². The molecule has 37 heavy (non-hydrogen) atoms. The van der Waals surface area contributed by atoms with Crippen molar-refractivity contribution in [2.75, 3.05) is 0 Å². The lowest BCUT2D eigenvalue weighted by molar-refractivity contribution is -0.136. The molecule has 0 radical (unpaired) electrons. The van der Waals surface area contributed by atoms with Crippen LogP contribution in [0.4, 0.5) is 9.18 Å². The van der Waals surface area contributed by atoms with E-state index in [0.29, 0.717) is 5.56 Å². The van der Waals surface area contributed by atoms with Crippen molar-refractivity contribution in [3.63, 3.8) is 0 Å². The molecule has 7 nitrogen and oxygen atoms in total.